The molecular formula is C15H17N3O. The van der Waals surface area contributed by atoms with E-state index in [0.29, 0.717) is 5.56 Å². The van der Waals surface area contributed by atoms with Crippen molar-refractivity contribution in [2.24, 2.45) is 5.73 Å². The molecule has 0 spiro atoms. The minimum absolute atomic E-state index is 0.0839. The maximum absolute atomic E-state index is 11.0. The van der Waals surface area contributed by atoms with Crippen molar-refractivity contribution in [2.75, 3.05) is 11.1 Å². The molecule has 0 fully saturated rings. The maximum atomic E-state index is 11.0. The number of nitrogens with two attached hydrogens (primary N) is 2. The smallest absolute Gasteiger partial charge is 0.248 e. The number of primary amides is 1. The van der Waals surface area contributed by atoms with Gasteiger partial charge in [0.2, 0.25) is 5.91 Å². The van der Waals surface area contributed by atoms with Crippen molar-refractivity contribution in [3.63, 3.8) is 0 Å². The lowest BCUT2D eigenvalue weighted by molar-refractivity contribution is 0.100. The van der Waals surface area contributed by atoms with Crippen molar-refractivity contribution in [1.82, 2.24) is 0 Å². The summed E-state index contributed by atoms with van der Waals surface area (Å²) in [6, 6.07) is 14.9. The third kappa shape index (κ3) is 3.04. The van der Waals surface area contributed by atoms with E-state index >= 15 is 0 Å². The van der Waals surface area contributed by atoms with E-state index in [-0.39, 0.29) is 6.04 Å². The highest BCUT2D eigenvalue weighted by Crippen LogP contribution is 2.23. The summed E-state index contributed by atoms with van der Waals surface area (Å²) in [7, 11) is 0. The standard InChI is InChI=1S/C15H17N3O/c1-10(13-4-2-3-5-14(13)16)18-12-8-6-11(7-9-12)15(17)19/h2-10,18H,16H2,1H3,(H2,17,19). The summed E-state index contributed by atoms with van der Waals surface area (Å²) in [4.78, 5) is 11.0. The van der Waals surface area contributed by atoms with Crippen molar-refractivity contribution in [2.45, 2.75) is 13.0 Å². The zero-order chi connectivity index (χ0) is 13.8. The highest BCUT2D eigenvalue weighted by Gasteiger charge is 2.08. The summed E-state index contributed by atoms with van der Waals surface area (Å²) in [5.74, 6) is -0.424. The SMILES string of the molecule is CC(Nc1ccc(C(N)=O)cc1)c1ccccc1N. The van der Waals surface area contributed by atoms with Crippen LogP contribution in [0, 0.1) is 0 Å². The van der Waals surface area contributed by atoms with Crippen LogP contribution in [0.15, 0.2) is 48.5 Å². The van der Waals surface area contributed by atoms with E-state index < -0.39 is 5.91 Å². The van der Waals surface area contributed by atoms with E-state index in [1.165, 1.54) is 0 Å². The van der Waals surface area contributed by atoms with E-state index in [0.717, 1.165) is 16.9 Å². The molecule has 5 N–H and O–H groups in total. The molecule has 1 amide bonds. The number of carbonyl (C=O) groups excluding carboxylic acids is 1. The van der Waals surface area contributed by atoms with Crippen LogP contribution in [-0.4, -0.2) is 5.91 Å². The van der Waals surface area contributed by atoms with Gasteiger partial charge in [-0.15, -0.1) is 0 Å². The van der Waals surface area contributed by atoms with Crippen molar-refractivity contribution in [1.29, 1.82) is 0 Å². The molecule has 0 bridgehead atoms. The molecule has 0 saturated heterocycles. The summed E-state index contributed by atoms with van der Waals surface area (Å²) >= 11 is 0. The van der Waals surface area contributed by atoms with E-state index in [9.17, 15) is 4.79 Å². The van der Waals surface area contributed by atoms with E-state index in [1.807, 2.05) is 43.3 Å². The van der Waals surface area contributed by atoms with Gasteiger partial charge in [-0.3, -0.25) is 4.79 Å². The second kappa shape index (κ2) is 5.44. The second-order valence-corrected chi connectivity index (χ2v) is 4.44. The Morgan fingerprint density at radius 2 is 1.74 bits per heavy atom. The van der Waals surface area contributed by atoms with Crippen molar-refractivity contribution < 1.29 is 4.79 Å². The molecule has 19 heavy (non-hydrogen) atoms. The summed E-state index contributed by atoms with van der Waals surface area (Å²) < 4.78 is 0. The number of para-hydroxylation sites is 1. The Morgan fingerprint density at radius 3 is 2.32 bits per heavy atom. The van der Waals surface area contributed by atoms with Gasteiger partial charge in [0.25, 0.3) is 0 Å². The first kappa shape index (κ1) is 13.0. The Kier molecular flexibility index (Phi) is 3.71. The number of nitrogens with one attached hydrogen (secondary N) is 1. The van der Waals surface area contributed by atoms with E-state index in [4.69, 9.17) is 11.5 Å². The average Bonchev–Trinajstić information content (AvgIpc) is 2.39. The van der Waals surface area contributed by atoms with Crippen molar-refractivity contribution >= 4 is 17.3 Å². The fourth-order valence-electron chi connectivity index (χ4n) is 1.96. The van der Waals surface area contributed by atoms with E-state index in [1.54, 1.807) is 12.1 Å². The number of nitrogen functional groups attached to an aromatic ring is 1. The number of benzene rings is 2. The van der Waals surface area contributed by atoms with Gasteiger partial charge < -0.3 is 16.8 Å². The van der Waals surface area contributed by atoms with Gasteiger partial charge in [0.1, 0.15) is 0 Å². The van der Waals surface area contributed by atoms with Gasteiger partial charge >= 0.3 is 0 Å². The predicted octanol–water partition coefficient (Wildman–Crippen LogP) is 2.54. The normalized spacial score (nSPS) is 11.8. The van der Waals surface area contributed by atoms with Crippen molar-refractivity contribution in [3.05, 3.63) is 59.7 Å². The minimum atomic E-state index is -0.424. The van der Waals surface area contributed by atoms with E-state index in [2.05, 4.69) is 5.32 Å². The van der Waals surface area contributed by atoms with Crippen LogP contribution in [0.1, 0.15) is 28.9 Å². The first-order valence-electron chi connectivity index (χ1n) is 6.08. The third-order valence-corrected chi connectivity index (χ3v) is 3.02. The van der Waals surface area contributed by atoms with Gasteiger partial charge in [-0.2, -0.15) is 0 Å². The monoisotopic (exact) mass is 255 g/mol. The van der Waals surface area contributed by atoms with Crippen LogP contribution in [0.25, 0.3) is 0 Å². The number of rotatable bonds is 4. The van der Waals surface area contributed by atoms with Crippen LogP contribution < -0.4 is 16.8 Å². The molecule has 0 heterocycles. The molecule has 98 valence electrons. The highest BCUT2D eigenvalue weighted by atomic mass is 16.1. The second-order valence-electron chi connectivity index (χ2n) is 4.44. The van der Waals surface area contributed by atoms with Crippen LogP contribution in [0.3, 0.4) is 0 Å². The molecule has 0 aliphatic rings. The number of hydrogen-bond donors (Lipinski definition) is 3. The molecule has 0 aliphatic heterocycles. The number of hydrogen-bond acceptors (Lipinski definition) is 3. The van der Waals surface area contributed by atoms with Crippen LogP contribution in [0.4, 0.5) is 11.4 Å². The molecular weight excluding hydrogens is 238 g/mol. The van der Waals surface area contributed by atoms with Gasteiger partial charge in [-0.05, 0) is 42.8 Å². The average molecular weight is 255 g/mol. The lowest BCUT2D eigenvalue weighted by Crippen LogP contribution is -2.11. The lowest BCUT2D eigenvalue weighted by Gasteiger charge is -2.17. The Labute approximate surface area is 112 Å². The topological polar surface area (TPSA) is 81.1 Å². The summed E-state index contributed by atoms with van der Waals surface area (Å²) in [6.45, 7) is 2.04. The Morgan fingerprint density at radius 1 is 1.11 bits per heavy atom. The van der Waals surface area contributed by atoms with Gasteiger partial charge in [0, 0.05) is 16.9 Å². The molecule has 1 unspecified atom stereocenters. The number of anilines is 2. The summed E-state index contributed by atoms with van der Waals surface area (Å²) in [6.07, 6.45) is 0. The number of amides is 1. The molecule has 0 aliphatic carbocycles. The van der Waals surface area contributed by atoms with Crippen LogP contribution >= 0.6 is 0 Å². The molecule has 2 aromatic rings. The quantitative estimate of drug-likeness (QED) is 0.734. The van der Waals surface area contributed by atoms with Crippen molar-refractivity contribution in [3.8, 4) is 0 Å². The fourth-order valence-corrected chi connectivity index (χ4v) is 1.96. The molecule has 0 radical (unpaired) electrons. The van der Waals surface area contributed by atoms with Gasteiger partial charge in [0.05, 0.1) is 6.04 Å². The number of carbonyl (C=O) groups is 1. The summed E-state index contributed by atoms with van der Waals surface area (Å²) in [5, 5.41) is 3.33. The molecule has 4 nitrogen and oxygen atoms in total. The summed E-state index contributed by atoms with van der Waals surface area (Å²) in [5.41, 5.74) is 14.4. The van der Waals surface area contributed by atoms with Crippen LogP contribution in [0.2, 0.25) is 0 Å². The lowest BCUT2D eigenvalue weighted by atomic mass is 10.1. The molecule has 0 aromatic heterocycles. The van der Waals surface area contributed by atoms with Gasteiger partial charge in [-0.1, -0.05) is 18.2 Å². The van der Waals surface area contributed by atoms with Crippen LogP contribution in [0.5, 0.6) is 0 Å². The molecule has 2 rings (SSSR count). The fraction of sp³-hybridized carbons (Fsp3) is 0.133. The third-order valence-electron chi connectivity index (χ3n) is 3.02. The zero-order valence-electron chi connectivity index (χ0n) is 10.8. The largest absolute Gasteiger partial charge is 0.398 e. The van der Waals surface area contributed by atoms with Crippen LogP contribution in [-0.2, 0) is 0 Å². The maximum Gasteiger partial charge on any atom is 0.248 e. The highest BCUT2D eigenvalue weighted by molar-refractivity contribution is 5.93. The zero-order valence-corrected chi connectivity index (χ0v) is 10.8. The van der Waals surface area contributed by atoms with Gasteiger partial charge in [-0.25, -0.2) is 0 Å². The van der Waals surface area contributed by atoms with Gasteiger partial charge in [0.15, 0.2) is 0 Å². The molecule has 1 atom stereocenters. The molecule has 2 aromatic carbocycles. The first-order valence-corrected chi connectivity index (χ1v) is 6.08. The molecule has 4 heteroatoms. The Bertz CT molecular complexity index is 578. The first-order chi connectivity index (χ1) is 9.08. The Balaban J connectivity index is 2.13. The molecule has 0 saturated carbocycles. The predicted molar refractivity (Wildman–Crippen MR) is 77.9 cm³/mol. The Hall–Kier alpha value is -2.49. The minimum Gasteiger partial charge on any atom is -0.398 e.